The number of nitrogens with zero attached hydrogens (tertiary/aromatic N) is 3. The summed E-state index contributed by atoms with van der Waals surface area (Å²) in [5.74, 6) is 5.73. The van der Waals surface area contributed by atoms with Crippen molar-refractivity contribution in [3.8, 4) is 0 Å². The van der Waals surface area contributed by atoms with Crippen molar-refractivity contribution in [3.63, 3.8) is 0 Å². The van der Waals surface area contributed by atoms with E-state index in [2.05, 4.69) is 9.98 Å². The van der Waals surface area contributed by atoms with Gasteiger partial charge in [-0.25, -0.2) is 10.8 Å². The molecule has 2 aliphatic rings. The Labute approximate surface area is 88.1 Å². The van der Waals surface area contributed by atoms with Gasteiger partial charge in [0.2, 0.25) is 0 Å². The highest BCUT2D eigenvalue weighted by molar-refractivity contribution is 5.75. The molecule has 0 bridgehead atoms. The molecule has 0 fully saturated rings. The van der Waals surface area contributed by atoms with E-state index >= 15 is 0 Å². The Morgan fingerprint density at radius 2 is 1.93 bits per heavy atom. The Bertz CT molecular complexity index is 462. The number of hydrogen-bond acceptors (Lipinski definition) is 4. The summed E-state index contributed by atoms with van der Waals surface area (Å²) >= 11 is 0. The van der Waals surface area contributed by atoms with Gasteiger partial charge in [0.1, 0.15) is 6.34 Å². The number of benzene rings is 1. The van der Waals surface area contributed by atoms with Crippen LogP contribution in [0.15, 0.2) is 22.1 Å². The Morgan fingerprint density at radius 1 is 1.13 bits per heavy atom. The molecule has 1 aromatic rings. The molecule has 76 valence electrons. The van der Waals surface area contributed by atoms with Crippen LogP contribution in [0.2, 0.25) is 0 Å². The number of nitrogens with two attached hydrogens (primary N) is 1. The van der Waals surface area contributed by atoms with E-state index in [0.29, 0.717) is 0 Å². The molecular formula is C11H12N4. The molecule has 4 nitrogen and oxygen atoms in total. The zero-order chi connectivity index (χ0) is 10.3. The summed E-state index contributed by atoms with van der Waals surface area (Å²) in [6, 6.07) is 4.05. The highest BCUT2D eigenvalue weighted by atomic mass is 15.4. The predicted molar refractivity (Wildman–Crippen MR) is 60.8 cm³/mol. The van der Waals surface area contributed by atoms with Gasteiger partial charge in [0.15, 0.2) is 0 Å². The lowest BCUT2D eigenvalue weighted by Gasteiger charge is -2.23. The van der Waals surface area contributed by atoms with E-state index < -0.39 is 0 Å². The van der Waals surface area contributed by atoms with E-state index in [0.717, 1.165) is 30.8 Å². The highest BCUT2D eigenvalue weighted by Crippen LogP contribution is 2.35. The number of hydrogen-bond donors (Lipinski definition) is 1. The fourth-order valence-corrected chi connectivity index (χ4v) is 2.10. The van der Waals surface area contributed by atoms with Crippen LogP contribution in [0.3, 0.4) is 0 Å². The maximum atomic E-state index is 5.73. The van der Waals surface area contributed by atoms with E-state index in [1.54, 1.807) is 11.3 Å². The lowest BCUT2D eigenvalue weighted by Crippen LogP contribution is -2.31. The lowest BCUT2D eigenvalue weighted by atomic mass is 9.97. The second-order valence-electron chi connectivity index (χ2n) is 3.83. The summed E-state index contributed by atoms with van der Waals surface area (Å²) in [5.41, 5.74) is 4.65. The molecule has 3 rings (SSSR count). The minimum atomic E-state index is 0.734. The van der Waals surface area contributed by atoms with E-state index in [-0.39, 0.29) is 0 Å². The Morgan fingerprint density at radius 3 is 2.80 bits per heavy atom. The quantitative estimate of drug-likeness (QED) is 0.648. The molecule has 0 atom stereocenters. The first-order valence-corrected chi connectivity index (χ1v) is 5.07. The van der Waals surface area contributed by atoms with Crippen LogP contribution in [0.1, 0.15) is 17.5 Å². The van der Waals surface area contributed by atoms with Crippen LogP contribution in [-0.4, -0.2) is 17.6 Å². The normalized spacial score (nSPS) is 17.5. The van der Waals surface area contributed by atoms with Gasteiger partial charge in [0, 0.05) is 11.8 Å². The fourth-order valence-electron chi connectivity index (χ4n) is 2.10. The first-order chi connectivity index (χ1) is 7.34. The molecule has 0 aliphatic carbocycles. The summed E-state index contributed by atoms with van der Waals surface area (Å²) in [6.45, 7) is 0.734. The van der Waals surface area contributed by atoms with Gasteiger partial charge in [-0.05, 0) is 30.5 Å². The SMILES string of the molecule is NN1C=Nc2ccc3c(c2C1)CCC=N3. The van der Waals surface area contributed by atoms with Crippen LogP contribution in [0.5, 0.6) is 0 Å². The molecule has 4 heteroatoms. The van der Waals surface area contributed by atoms with Crippen LogP contribution in [0.25, 0.3) is 0 Å². The van der Waals surface area contributed by atoms with Crippen molar-refractivity contribution in [2.75, 3.05) is 0 Å². The molecule has 0 saturated carbocycles. The van der Waals surface area contributed by atoms with Gasteiger partial charge in [-0.1, -0.05) is 0 Å². The maximum absolute atomic E-state index is 5.73. The summed E-state index contributed by atoms with van der Waals surface area (Å²) in [7, 11) is 0. The number of aliphatic imine (C=N–C) groups is 2. The Hall–Kier alpha value is -1.68. The van der Waals surface area contributed by atoms with Crippen LogP contribution in [-0.2, 0) is 13.0 Å². The Balaban J connectivity index is 2.19. The third-order valence-electron chi connectivity index (χ3n) is 2.82. The average molecular weight is 200 g/mol. The molecule has 15 heavy (non-hydrogen) atoms. The highest BCUT2D eigenvalue weighted by Gasteiger charge is 2.17. The first kappa shape index (κ1) is 8.61. The van der Waals surface area contributed by atoms with Crippen molar-refractivity contribution in [1.82, 2.24) is 5.01 Å². The predicted octanol–water partition coefficient (Wildman–Crippen LogP) is 1.68. The molecule has 0 unspecified atom stereocenters. The molecule has 1 aromatic carbocycles. The molecule has 0 radical (unpaired) electrons. The van der Waals surface area contributed by atoms with Crippen molar-refractivity contribution in [2.24, 2.45) is 15.8 Å². The van der Waals surface area contributed by atoms with Gasteiger partial charge in [0.25, 0.3) is 0 Å². The third-order valence-corrected chi connectivity index (χ3v) is 2.82. The molecule has 2 aliphatic heterocycles. The summed E-state index contributed by atoms with van der Waals surface area (Å²) in [6.07, 6.45) is 5.70. The molecule has 0 amide bonds. The smallest absolute Gasteiger partial charge is 0.106 e. The summed E-state index contributed by atoms with van der Waals surface area (Å²) < 4.78 is 0. The minimum absolute atomic E-state index is 0.734. The van der Waals surface area contributed by atoms with Crippen molar-refractivity contribution in [2.45, 2.75) is 19.4 Å². The Kier molecular flexibility index (Phi) is 1.82. The number of hydrazine groups is 1. The van der Waals surface area contributed by atoms with E-state index in [1.165, 1.54) is 11.1 Å². The number of rotatable bonds is 0. The van der Waals surface area contributed by atoms with E-state index in [9.17, 15) is 0 Å². The van der Waals surface area contributed by atoms with Crippen molar-refractivity contribution in [1.29, 1.82) is 0 Å². The van der Waals surface area contributed by atoms with E-state index in [1.807, 2.05) is 18.3 Å². The molecule has 2 heterocycles. The number of fused-ring (bicyclic) bond motifs is 3. The topological polar surface area (TPSA) is 54.0 Å². The molecule has 0 spiro atoms. The first-order valence-electron chi connectivity index (χ1n) is 5.07. The van der Waals surface area contributed by atoms with Crippen LogP contribution in [0.4, 0.5) is 11.4 Å². The minimum Gasteiger partial charge on any atom is -0.296 e. The average Bonchev–Trinajstić information content (AvgIpc) is 2.29. The second-order valence-corrected chi connectivity index (χ2v) is 3.83. The lowest BCUT2D eigenvalue weighted by molar-refractivity contribution is 0.440. The van der Waals surface area contributed by atoms with Gasteiger partial charge in [-0.3, -0.25) is 10.0 Å². The van der Waals surface area contributed by atoms with Crippen molar-refractivity contribution in [3.05, 3.63) is 23.3 Å². The largest absolute Gasteiger partial charge is 0.296 e. The van der Waals surface area contributed by atoms with Crippen LogP contribution in [0, 0.1) is 0 Å². The second kappa shape index (κ2) is 3.17. The van der Waals surface area contributed by atoms with Gasteiger partial charge in [-0.2, -0.15) is 0 Å². The summed E-state index contributed by atoms with van der Waals surface area (Å²) in [4.78, 5) is 8.70. The van der Waals surface area contributed by atoms with Gasteiger partial charge in [0.05, 0.1) is 17.9 Å². The summed E-state index contributed by atoms with van der Waals surface area (Å²) in [5, 5.41) is 1.61. The molecule has 2 N–H and O–H groups in total. The third kappa shape index (κ3) is 1.34. The molecular weight excluding hydrogens is 188 g/mol. The molecule has 0 saturated heterocycles. The van der Waals surface area contributed by atoms with Crippen LogP contribution < -0.4 is 5.84 Å². The van der Waals surface area contributed by atoms with Gasteiger partial charge >= 0.3 is 0 Å². The van der Waals surface area contributed by atoms with Crippen LogP contribution >= 0.6 is 0 Å². The van der Waals surface area contributed by atoms with Gasteiger partial charge in [-0.15, -0.1) is 0 Å². The fraction of sp³-hybridized carbons (Fsp3) is 0.273. The zero-order valence-corrected chi connectivity index (χ0v) is 8.35. The zero-order valence-electron chi connectivity index (χ0n) is 8.35. The van der Waals surface area contributed by atoms with Gasteiger partial charge < -0.3 is 0 Å². The maximum Gasteiger partial charge on any atom is 0.106 e. The van der Waals surface area contributed by atoms with E-state index in [4.69, 9.17) is 5.84 Å². The molecule has 0 aromatic heterocycles. The monoisotopic (exact) mass is 200 g/mol. The van der Waals surface area contributed by atoms with Crippen molar-refractivity contribution >= 4 is 23.9 Å². The van der Waals surface area contributed by atoms with Crippen molar-refractivity contribution < 1.29 is 0 Å². The standard InChI is InChI=1S/C11H12N4/c12-15-6-9-8-2-1-5-13-10(8)3-4-11(9)14-7-15/h3-5,7H,1-2,6,12H2.